The van der Waals surface area contributed by atoms with E-state index in [1.165, 1.54) is 0 Å². The zero-order valence-corrected chi connectivity index (χ0v) is 20.0. The number of piperidine rings is 1. The Morgan fingerprint density at radius 2 is 1.74 bits per heavy atom. The van der Waals surface area contributed by atoms with E-state index in [-0.39, 0.29) is 24.0 Å². The number of carbonyl (C=O) groups excluding carboxylic acids is 3. The van der Waals surface area contributed by atoms with Gasteiger partial charge in [-0.05, 0) is 75.4 Å². The monoisotopic (exact) mass is 473 g/mol. The van der Waals surface area contributed by atoms with Gasteiger partial charge in [0.05, 0.1) is 17.7 Å². The lowest BCUT2D eigenvalue weighted by molar-refractivity contribution is 0.00776. The van der Waals surface area contributed by atoms with Crippen molar-refractivity contribution in [1.29, 1.82) is 0 Å². The van der Waals surface area contributed by atoms with Crippen molar-refractivity contribution in [2.24, 2.45) is 0 Å². The van der Waals surface area contributed by atoms with Gasteiger partial charge in [0.15, 0.2) is 5.82 Å². The molecule has 35 heavy (non-hydrogen) atoms. The van der Waals surface area contributed by atoms with E-state index in [0.29, 0.717) is 41.2 Å². The van der Waals surface area contributed by atoms with Crippen molar-refractivity contribution in [3.8, 4) is 5.75 Å². The van der Waals surface area contributed by atoms with Crippen LogP contribution in [-0.4, -0.2) is 52.6 Å². The molecule has 0 saturated carbocycles. The molecule has 0 N–H and O–H groups in total. The molecule has 8 heteroatoms. The van der Waals surface area contributed by atoms with Gasteiger partial charge in [-0.1, -0.05) is 12.1 Å². The van der Waals surface area contributed by atoms with Crippen LogP contribution >= 0.6 is 0 Å². The van der Waals surface area contributed by atoms with E-state index in [4.69, 9.17) is 9.47 Å². The summed E-state index contributed by atoms with van der Waals surface area (Å²) < 4.78 is 11.7. The van der Waals surface area contributed by atoms with Gasteiger partial charge in [-0.15, -0.1) is 0 Å². The van der Waals surface area contributed by atoms with Crippen LogP contribution in [0.3, 0.4) is 0 Å². The van der Waals surface area contributed by atoms with Gasteiger partial charge < -0.3 is 14.4 Å². The van der Waals surface area contributed by atoms with E-state index in [2.05, 4.69) is 4.98 Å². The van der Waals surface area contributed by atoms with E-state index < -0.39 is 5.60 Å². The van der Waals surface area contributed by atoms with Crippen molar-refractivity contribution in [2.45, 2.75) is 45.3 Å². The number of rotatable bonds is 3. The Balaban J connectivity index is 1.36. The number of hydrogen-bond donors (Lipinski definition) is 0. The first kappa shape index (κ1) is 22.8. The maximum Gasteiger partial charge on any atom is 0.410 e. The summed E-state index contributed by atoms with van der Waals surface area (Å²) in [7, 11) is 0. The number of aromatic nitrogens is 1. The first-order valence-corrected chi connectivity index (χ1v) is 11.7. The molecule has 1 atom stereocenters. The topological polar surface area (TPSA) is 89.0 Å². The molecule has 1 aromatic heterocycles. The molecule has 1 unspecified atom stereocenters. The van der Waals surface area contributed by atoms with Gasteiger partial charge in [-0.25, -0.2) is 14.7 Å². The number of fused-ring (bicyclic) bond motifs is 2. The highest BCUT2D eigenvalue weighted by molar-refractivity contribution is 6.35. The molecule has 180 valence electrons. The zero-order valence-electron chi connectivity index (χ0n) is 20.0. The first-order valence-electron chi connectivity index (χ1n) is 11.7. The molecule has 2 aliphatic rings. The number of pyridine rings is 1. The quantitative estimate of drug-likeness (QED) is 0.507. The van der Waals surface area contributed by atoms with Crippen molar-refractivity contribution in [1.82, 2.24) is 9.88 Å². The molecule has 3 amide bonds. The molecule has 5 rings (SSSR count). The fourth-order valence-electron chi connectivity index (χ4n) is 4.49. The van der Waals surface area contributed by atoms with E-state index in [1.54, 1.807) is 41.4 Å². The van der Waals surface area contributed by atoms with Crippen molar-refractivity contribution >= 4 is 34.5 Å². The van der Waals surface area contributed by atoms with E-state index in [0.717, 1.165) is 23.1 Å². The van der Waals surface area contributed by atoms with Crippen molar-refractivity contribution in [2.75, 3.05) is 18.0 Å². The summed E-state index contributed by atoms with van der Waals surface area (Å²) in [6.45, 7) is 6.64. The number of benzene rings is 2. The summed E-state index contributed by atoms with van der Waals surface area (Å²) >= 11 is 0. The van der Waals surface area contributed by atoms with Crippen LogP contribution in [0.15, 0.2) is 54.7 Å². The third kappa shape index (κ3) is 4.43. The van der Waals surface area contributed by atoms with Crippen LogP contribution in [0.2, 0.25) is 0 Å². The molecule has 2 aromatic carbocycles. The summed E-state index contributed by atoms with van der Waals surface area (Å²) in [6, 6.07) is 14.1. The van der Waals surface area contributed by atoms with E-state index in [9.17, 15) is 14.4 Å². The number of likely N-dealkylation sites (tertiary alicyclic amines) is 1. The minimum atomic E-state index is -0.547. The van der Waals surface area contributed by atoms with Crippen LogP contribution in [0, 0.1) is 0 Å². The molecule has 3 heterocycles. The molecular weight excluding hydrogens is 446 g/mol. The van der Waals surface area contributed by atoms with Gasteiger partial charge >= 0.3 is 6.09 Å². The lowest BCUT2D eigenvalue weighted by Gasteiger charge is -2.34. The maximum atomic E-state index is 13.0. The SMILES string of the molecule is CC(C)(C)OC(=O)N1CCCC(Oc2ccc3c(N4C(=O)c5ccccc5C4=O)nccc3c2)C1. The summed E-state index contributed by atoms with van der Waals surface area (Å²) in [4.78, 5) is 45.5. The number of carbonyl (C=O) groups is 3. The summed E-state index contributed by atoms with van der Waals surface area (Å²) in [5.41, 5.74) is 0.209. The highest BCUT2D eigenvalue weighted by atomic mass is 16.6. The second kappa shape index (κ2) is 8.69. The van der Waals surface area contributed by atoms with Gasteiger partial charge in [0, 0.05) is 18.1 Å². The Labute approximate surface area is 203 Å². The van der Waals surface area contributed by atoms with Crippen LogP contribution < -0.4 is 9.64 Å². The van der Waals surface area contributed by atoms with Crippen LogP contribution in [0.1, 0.15) is 54.3 Å². The van der Waals surface area contributed by atoms with Gasteiger partial charge in [0.2, 0.25) is 0 Å². The highest BCUT2D eigenvalue weighted by Crippen LogP contribution is 2.33. The Bertz CT molecular complexity index is 1290. The summed E-state index contributed by atoms with van der Waals surface area (Å²) in [5.74, 6) is 0.188. The number of imide groups is 1. The highest BCUT2D eigenvalue weighted by Gasteiger charge is 2.38. The molecule has 0 aliphatic carbocycles. The standard InChI is InChI=1S/C27H27N3O5/c1-27(2,3)35-26(33)29-14-6-7-19(16-29)34-18-10-11-20-17(15-18)12-13-28-23(20)30-24(31)21-8-4-5-9-22(21)25(30)32/h4-5,8-13,15,19H,6-7,14,16H2,1-3H3. The van der Waals surface area contributed by atoms with Gasteiger partial charge in [-0.3, -0.25) is 9.59 Å². The summed E-state index contributed by atoms with van der Waals surface area (Å²) in [6.07, 6.45) is 2.74. The fourth-order valence-corrected chi connectivity index (χ4v) is 4.49. The average molecular weight is 474 g/mol. The van der Waals surface area contributed by atoms with Crippen molar-refractivity contribution in [3.63, 3.8) is 0 Å². The van der Waals surface area contributed by atoms with E-state index >= 15 is 0 Å². The molecule has 3 aromatic rings. The normalized spacial score (nSPS) is 18.1. The third-order valence-corrected chi connectivity index (χ3v) is 6.05. The lowest BCUT2D eigenvalue weighted by Crippen LogP contribution is -2.46. The number of anilines is 1. The van der Waals surface area contributed by atoms with Crippen LogP contribution in [0.4, 0.5) is 10.6 Å². The minimum absolute atomic E-state index is 0.161. The predicted octanol–water partition coefficient (Wildman–Crippen LogP) is 4.81. The number of ether oxygens (including phenoxy) is 2. The van der Waals surface area contributed by atoms with Crippen molar-refractivity contribution in [3.05, 3.63) is 65.9 Å². The predicted molar refractivity (Wildman–Crippen MR) is 131 cm³/mol. The van der Waals surface area contributed by atoms with E-state index in [1.807, 2.05) is 39.0 Å². The van der Waals surface area contributed by atoms with Gasteiger partial charge in [0.1, 0.15) is 17.5 Å². The smallest absolute Gasteiger partial charge is 0.410 e. The average Bonchev–Trinajstić information content (AvgIpc) is 3.08. The molecule has 1 fully saturated rings. The molecule has 8 nitrogen and oxygen atoms in total. The van der Waals surface area contributed by atoms with Crippen LogP contribution in [-0.2, 0) is 4.74 Å². The lowest BCUT2D eigenvalue weighted by atomic mass is 10.1. The molecule has 0 bridgehead atoms. The Hall–Kier alpha value is -3.94. The number of hydrogen-bond acceptors (Lipinski definition) is 6. The second-order valence-corrected chi connectivity index (χ2v) is 9.82. The minimum Gasteiger partial charge on any atom is -0.489 e. The number of nitrogens with zero attached hydrogens (tertiary/aromatic N) is 3. The molecule has 1 saturated heterocycles. The Morgan fingerprint density at radius 1 is 1.03 bits per heavy atom. The molecular formula is C27H27N3O5. The van der Waals surface area contributed by atoms with Crippen molar-refractivity contribution < 1.29 is 23.9 Å². The fraction of sp³-hybridized carbons (Fsp3) is 0.333. The molecule has 0 spiro atoms. The van der Waals surface area contributed by atoms with Crippen LogP contribution in [0.5, 0.6) is 5.75 Å². The summed E-state index contributed by atoms with van der Waals surface area (Å²) in [5, 5.41) is 1.47. The van der Waals surface area contributed by atoms with Gasteiger partial charge in [0.25, 0.3) is 11.8 Å². The first-order chi connectivity index (χ1) is 16.7. The Morgan fingerprint density at radius 3 is 2.43 bits per heavy atom. The Kier molecular flexibility index (Phi) is 5.67. The number of amides is 3. The zero-order chi connectivity index (χ0) is 24.7. The molecule has 2 aliphatic heterocycles. The van der Waals surface area contributed by atoms with Crippen LogP contribution in [0.25, 0.3) is 10.8 Å². The molecule has 0 radical (unpaired) electrons. The second-order valence-electron chi connectivity index (χ2n) is 9.82. The third-order valence-electron chi connectivity index (χ3n) is 6.05. The maximum absolute atomic E-state index is 13.0. The van der Waals surface area contributed by atoms with Gasteiger partial charge in [-0.2, -0.15) is 0 Å². The largest absolute Gasteiger partial charge is 0.489 e.